The number of benzene rings is 2. The quantitative estimate of drug-likeness (QED) is 0.426. The molecule has 1 aliphatic rings. The van der Waals surface area contributed by atoms with E-state index in [4.69, 9.17) is 18.9 Å². The Bertz CT molecular complexity index is 1240. The summed E-state index contributed by atoms with van der Waals surface area (Å²) in [7, 11) is 1.29. The highest BCUT2D eigenvalue weighted by Gasteiger charge is 2.41. The monoisotopic (exact) mass is 480 g/mol. The number of nitrogens with one attached hydrogen (secondary N) is 1. The van der Waals surface area contributed by atoms with Crippen molar-refractivity contribution in [3.05, 3.63) is 65.7 Å². The third-order valence-corrected chi connectivity index (χ3v) is 5.47. The van der Waals surface area contributed by atoms with Gasteiger partial charge in [-0.15, -0.1) is 0 Å². The van der Waals surface area contributed by atoms with Gasteiger partial charge >= 0.3 is 18.2 Å². The van der Waals surface area contributed by atoms with Gasteiger partial charge in [0.15, 0.2) is 6.23 Å². The molecule has 1 aliphatic heterocycles. The number of carbonyl (C=O) groups is 3. The summed E-state index contributed by atoms with van der Waals surface area (Å²) in [5, 5.41) is 3.30. The lowest BCUT2D eigenvalue weighted by molar-refractivity contribution is -0.143. The molecule has 9 heteroatoms. The number of esters is 1. The van der Waals surface area contributed by atoms with Gasteiger partial charge in [0.2, 0.25) is 5.88 Å². The van der Waals surface area contributed by atoms with Crippen molar-refractivity contribution in [1.29, 1.82) is 0 Å². The standard InChI is InChI=1S/C26H28N2O7/c1-26(2,3)35-25(31)28-19-13-9-8-12-17(19)21-18(23(29)32-4)14-20(34-22(21)28)27-24(30)33-15-16-10-6-5-7-11-16/h5-13,18,20H,14-15H2,1-4H3,(H,27,30)/t18-,20-/m1/s1. The van der Waals surface area contributed by atoms with E-state index < -0.39 is 35.9 Å². The van der Waals surface area contributed by atoms with E-state index >= 15 is 0 Å². The summed E-state index contributed by atoms with van der Waals surface area (Å²) in [4.78, 5) is 38.4. The van der Waals surface area contributed by atoms with Crippen molar-refractivity contribution in [2.75, 3.05) is 7.11 Å². The van der Waals surface area contributed by atoms with Crippen molar-refractivity contribution >= 4 is 29.1 Å². The molecule has 1 N–H and O–H groups in total. The number of carbonyl (C=O) groups excluding carboxylic acids is 3. The molecule has 0 aliphatic carbocycles. The van der Waals surface area contributed by atoms with Crippen molar-refractivity contribution in [2.45, 2.75) is 51.5 Å². The first-order valence-electron chi connectivity index (χ1n) is 11.3. The van der Waals surface area contributed by atoms with Crippen LogP contribution in [0.3, 0.4) is 0 Å². The Morgan fingerprint density at radius 3 is 2.43 bits per heavy atom. The summed E-state index contributed by atoms with van der Waals surface area (Å²) < 4.78 is 23.3. The number of hydrogen-bond acceptors (Lipinski definition) is 7. The first-order valence-corrected chi connectivity index (χ1v) is 11.3. The number of methoxy groups -OCH3 is 1. The number of ether oxygens (including phenoxy) is 4. The Labute approximate surface area is 202 Å². The first-order chi connectivity index (χ1) is 16.7. The fourth-order valence-electron chi connectivity index (χ4n) is 4.04. The van der Waals surface area contributed by atoms with Gasteiger partial charge in [-0.1, -0.05) is 48.5 Å². The van der Waals surface area contributed by atoms with Crippen LogP contribution in [0.2, 0.25) is 0 Å². The largest absolute Gasteiger partial charge is 0.469 e. The Morgan fingerprint density at radius 2 is 1.74 bits per heavy atom. The van der Waals surface area contributed by atoms with Crippen LogP contribution in [0, 0.1) is 0 Å². The minimum absolute atomic E-state index is 0.0727. The second-order valence-corrected chi connectivity index (χ2v) is 9.18. The zero-order chi connectivity index (χ0) is 25.2. The van der Waals surface area contributed by atoms with Crippen LogP contribution in [-0.2, 0) is 25.6 Å². The lowest BCUT2D eigenvalue weighted by Gasteiger charge is -2.30. The number of hydrogen-bond donors (Lipinski definition) is 1. The fourth-order valence-corrected chi connectivity index (χ4v) is 4.04. The van der Waals surface area contributed by atoms with Crippen LogP contribution in [0.1, 0.15) is 44.2 Å². The average molecular weight is 481 g/mol. The molecule has 4 rings (SSSR count). The van der Waals surface area contributed by atoms with E-state index in [1.54, 1.807) is 39.0 Å². The predicted molar refractivity (Wildman–Crippen MR) is 127 cm³/mol. The molecule has 1 aromatic heterocycles. The normalized spacial score (nSPS) is 17.1. The maximum absolute atomic E-state index is 13.2. The van der Waals surface area contributed by atoms with Gasteiger partial charge in [0.25, 0.3) is 0 Å². The molecule has 0 saturated heterocycles. The van der Waals surface area contributed by atoms with Crippen molar-refractivity contribution in [3.63, 3.8) is 0 Å². The van der Waals surface area contributed by atoms with Crippen LogP contribution in [0.15, 0.2) is 54.6 Å². The lowest BCUT2D eigenvalue weighted by atomic mass is 9.92. The number of para-hydroxylation sites is 1. The van der Waals surface area contributed by atoms with E-state index in [2.05, 4.69) is 5.32 Å². The Balaban J connectivity index is 1.66. The molecule has 0 unspecified atom stereocenters. The third kappa shape index (κ3) is 5.24. The summed E-state index contributed by atoms with van der Waals surface area (Å²) >= 11 is 0. The number of amides is 1. The van der Waals surface area contributed by atoms with E-state index in [1.807, 2.05) is 36.4 Å². The number of alkyl carbamates (subject to hydrolysis) is 1. The van der Waals surface area contributed by atoms with E-state index in [-0.39, 0.29) is 18.9 Å². The molecule has 0 radical (unpaired) electrons. The van der Waals surface area contributed by atoms with Crippen LogP contribution < -0.4 is 10.1 Å². The fraction of sp³-hybridized carbons (Fsp3) is 0.346. The highest BCUT2D eigenvalue weighted by molar-refractivity contribution is 5.99. The summed E-state index contributed by atoms with van der Waals surface area (Å²) in [6.45, 7) is 5.35. The van der Waals surface area contributed by atoms with Crippen molar-refractivity contribution in [3.8, 4) is 5.88 Å². The molecule has 35 heavy (non-hydrogen) atoms. The Kier molecular flexibility index (Phi) is 6.68. The number of fused-ring (bicyclic) bond motifs is 3. The molecule has 0 fully saturated rings. The average Bonchev–Trinajstić information content (AvgIpc) is 3.15. The van der Waals surface area contributed by atoms with E-state index in [9.17, 15) is 14.4 Å². The highest BCUT2D eigenvalue weighted by Crippen LogP contribution is 2.44. The van der Waals surface area contributed by atoms with E-state index in [0.717, 1.165) is 5.56 Å². The highest BCUT2D eigenvalue weighted by atomic mass is 16.6. The molecule has 0 bridgehead atoms. The second-order valence-electron chi connectivity index (χ2n) is 9.18. The van der Waals surface area contributed by atoms with Gasteiger partial charge in [0, 0.05) is 17.4 Å². The third-order valence-electron chi connectivity index (χ3n) is 5.47. The van der Waals surface area contributed by atoms with Gasteiger partial charge in [-0.2, -0.15) is 0 Å². The SMILES string of the molecule is COC(=O)[C@@H]1C[C@H](NC(=O)OCc2ccccc2)Oc2c1c1ccccc1n2C(=O)OC(C)(C)C. The van der Waals surface area contributed by atoms with Crippen LogP contribution in [0.4, 0.5) is 9.59 Å². The van der Waals surface area contributed by atoms with Gasteiger partial charge in [0.05, 0.1) is 18.5 Å². The van der Waals surface area contributed by atoms with Gasteiger partial charge in [-0.3, -0.25) is 10.1 Å². The van der Waals surface area contributed by atoms with Gasteiger partial charge in [-0.05, 0) is 32.4 Å². The van der Waals surface area contributed by atoms with Crippen LogP contribution >= 0.6 is 0 Å². The maximum Gasteiger partial charge on any atom is 0.421 e. The molecule has 2 heterocycles. The molecular formula is C26H28N2O7. The van der Waals surface area contributed by atoms with Crippen LogP contribution in [0.5, 0.6) is 5.88 Å². The molecule has 1 amide bonds. The molecule has 0 spiro atoms. The minimum Gasteiger partial charge on any atom is -0.469 e. The summed E-state index contributed by atoms with van der Waals surface area (Å²) in [6, 6.07) is 16.4. The van der Waals surface area contributed by atoms with Crippen molar-refractivity contribution in [2.24, 2.45) is 0 Å². The van der Waals surface area contributed by atoms with E-state index in [1.165, 1.54) is 11.7 Å². The van der Waals surface area contributed by atoms with E-state index in [0.29, 0.717) is 16.5 Å². The van der Waals surface area contributed by atoms with Gasteiger partial charge < -0.3 is 18.9 Å². The van der Waals surface area contributed by atoms with Crippen LogP contribution in [0.25, 0.3) is 10.9 Å². The number of rotatable bonds is 4. The van der Waals surface area contributed by atoms with Crippen molar-refractivity contribution < 1.29 is 33.3 Å². The molecule has 184 valence electrons. The van der Waals surface area contributed by atoms with Crippen molar-refractivity contribution in [1.82, 2.24) is 9.88 Å². The summed E-state index contributed by atoms with van der Waals surface area (Å²) in [6.07, 6.45) is -2.22. The molecule has 2 atom stereocenters. The van der Waals surface area contributed by atoms with Gasteiger partial charge in [-0.25, -0.2) is 14.2 Å². The number of aromatic nitrogens is 1. The second kappa shape index (κ2) is 9.69. The zero-order valence-electron chi connectivity index (χ0n) is 20.1. The molecule has 3 aromatic rings. The Hall–Kier alpha value is -4.01. The van der Waals surface area contributed by atoms with Crippen LogP contribution in [-0.4, -0.2) is 41.7 Å². The number of nitrogens with zero attached hydrogens (tertiary/aromatic N) is 1. The summed E-state index contributed by atoms with van der Waals surface area (Å²) in [5.41, 5.74) is 1.10. The molecule has 9 nitrogen and oxygen atoms in total. The topological polar surface area (TPSA) is 105 Å². The van der Waals surface area contributed by atoms with Gasteiger partial charge in [0.1, 0.15) is 12.2 Å². The molecular weight excluding hydrogens is 452 g/mol. The Morgan fingerprint density at radius 1 is 1.06 bits per heavy atom. The zero-order valence-corrected chi connectivity index (χ0v) is 20.1. The lowest BCUT2D eigenvalue weighted by Crippen LogP contribution is -2.44. The predicted octanol–water partition coefficient (Wildman–Crippen LogP) is 4.72. The maximum atomic E-state index is 13.2. The molecule has 2 aromatic carbocycles. The molecule has 0 saturated carbocycles. The summed E-state index contributed by atoms with van der Waals surface area (Å²) in [5.74, 6) is -1.17. The smallest absolute Gasteiger partial charge is 0.421 e. The first kappa shape index (κ1) is 24.1. The minimum atomic E-state index is -0.944.